The van der Waals surface area contributed by atoms with Gasteiger partial charge in [-0.3, -0.25) is 0 Å². The molecule has 3 aromatic rings. The van der Waals surface area contributed by atoms with Crippen molar-refractivity contribution in [2.24, 2.45) is 0 Å². The van der Waals surface area contributed by atoms with Gasteiger partial charge < -0.3 is 9.47 Å². The van der Waals surface area contributed by atoms with Crippen molar-refractivity contribution in [3.63, 3.8) is 0 Å². The van der Waals surface area contributed by atoms with Gasteiger partial charge in [-0.15, -0.1) is 0 Å². The summed E-state index contributed by atoms with van der Waals surface area (Å²) in [6, 6.07) is 12.5. The van der Waals surface area contributed by atoms with Gasteiger partial charge in [0, 0.05) is 0 Å². The van der Waals surface area contributed by atoms with Crippen molar-refractivity contribution in [3.8, 4) is 11.5 Å². The normalized spacial score (nSPS) is 10.8. The Morgan fingerprint density at radius 2 is 1.12 bits per heavy atom. The highest BCUT2D eigenvalue weighted by Crippen LogP contribution is 2.35. The lowest BCUT2D eigenvalue weighted by Gasteiger charge is -2.14. The summed E-state index contributed by atoms with van der Waals surface area (Å²) in [4.78, 5) is 0. The molecular weight excluding hydrogens is 296 g/mol. The summed E-state index contributed by atoms with van der Waals surface area (Å²) in [6.07, 6.45) is 3.51. The van der Waals surface area contributed by atoms with Gasteiger partial charge in [0.15, 0.2) is 0 Å². The lowest BCUT2D eigenvalue weighted by Crippen LogP contribution is -1.95. The van der Waals surface area contributed by atoms with Crippen LogP contribution in [-0.2, 0) is 0 Å². The first-order valence-corrected chi connectivity index (χ1v) is 8.09. The van der Waals surface area contributed by atoms with E-state index in [1.807, 2.05) is 12.1 Å². The Balaban J connectivity index is 2.20. The number of ether oxygens (including phenoxy) is 2. The molecule has 0 spiro atoms. The zero-order valence-electron chi connectivity index (χ0n) is 14.3. The Hall–Kier alpha value is -2.74. The monoisotopic (exact) mass is 318 g/mol. The highest BCUT2D eigenvalue weighted by molar-refractivity contribution is 6.06. The Morgan fingerprint density at radius 1 is 0.708 bits per heavy atom. The molecule has 122 valence electrons. The molecule has 2 heteroatoms. The second kappa shape index (κ2) is 6.79. The standard InChI is InChI=1S/C22H22O2/c1-5-11-23-17-7-9-19-15(3)20-10-8-18(24-12-6-2)14-22(20)16(4)21(19)13-17/h5-10,13-14H,1-2,11-12H2,3-4H3. The first kappa shape index (κ1) is 16.1. The Kier molecular flexibility index (Phi) is 4.57. The molecule has 0 N–H and O–H groups in total. The van der Waals surface area contributed by atoms with Crippen LogP contribution in [0.2, 0.25) is 0 Å². The van der Waals surface area contributed by atoms with E-state index in [2.05, 4.69) is 51.3 Å². The molecular formula is C22H22O2. The van der Waals surface area contributed by atoms with Crippen LogP contribution in [0.25, 0.3) is 21.5 Å². The van der Waals surface area contributed by atoms with Crippen molar-refractivity contribution in [1.29, 1.82) is 0 Å². The molecule has 2 nitrogen and oxygen atoms in total. The van der Waals surface area contributed by atoms with Crippen LogP contribution < -0.4 is 9.47 Å². The van der Waals surface area contributed by atoms with Crippen molar-refractivity contribution in [2.45, 2.75) is 13.8 Å². The van der Waals surface area contributed by atoms with E-state index in [9.17, 15) is 0 Å². The average molecular weight is 318 g/mol. The maximum Gasteiger partial charge on any atom is 0.120 e. The van der Waals surface area contributed by atoms with Crippen LogP contribution in [0.5, 0.6) is 11.5 Å². The van der Waals surface area contributed by atoms with Crippen LogP contribution in [0.4, 0.5) is 0 Å². The molecule has 0 bridgehead atoms. The quantitative estimate of drug-likeness (QED) is 0.426. The molecule has 0 atom stereocenters. The SMILES string of the molecule is C=CCOc1ccc2c(C)c3ccc(OCC=C)cc3c(C)c2c1. The second-order valence-electron chi connectivity index (χ2n) is 5.86. The van der Waals surface area contributed by atoms with Gasteiger partial charge in [-0.1, -0.05) is 37.4 Å². The maximum absolute atomic E-state index is 5.69. The Morgan fingerprint density at radius 3 is 1.54 bits per heavy atom. The molecule has 0 aliphatic carbocycles. The van der Waals surface area contributed by atoms with Crippen LogP contribution in [-0.4, -0.2) is 13.2 Å². The van der Waals surface area contributed by atoms with Crippen LogP contribution in [0.3, 0.4) is 0 Å². The van der Waals surface area contributed by atoms with Gasteiger partial charge in [0.25, 0.3) is 0 Å². The second-order valence-corrected chi connectivity index (χ2v) is 5.86. The number of hydrogen-bond donors (Lipinski definition) is 0. The fourth-order valence-electron chi connectivity index (χ4n) is 3.10. The minimum Gasteiger partial charge on any atom is -0.490 e. The molecule has 0 aromatic heterocycles. The fraction of sp³-hybridized carbons (Fsp3) is 0.182. The zero-order valence-corrected chi connectivity index (χ0v) is 14.3. The van der Waals surface area contributed by atoms with Crippen molar-refractivity contribution in [3.05, 3.63) is 72.8 Å². The van der Waals surface area contributed by atoms with E-state index in [1.165, 1.54) is 32.7 Å². The molecule has 3 rings (SSSR count). The summed E-state index contributed by atoms with van der Waals surface area (Å²) in [7, 11) is 0. The van der Waals surface area contributed by atoms with E-state index >= 15 is 0 Å². The topological polar surface area (TPSA) is 18.5 Å². The lowest BCUT2D eigenvalue weighted by atomic mass is 9.93. The Labute approximate surface area is 143 Å². The number of hydrogen-bond acceptors (Lipinski definition) is 2. The van der Waals surface area contributed by atoms with E-state index in [-0.39, 0.29) is 0 Å². The van der Waals surface area contributed by atoms with E-state index in [0.29, 0.717) is 13.2 Å². The van der Waals surface area contributed by atoms with Crippen molar-refractivity contribution in [1.82, 2.24) is 0 Å². The third kappa shape index (κ3) is 2.88. The average Bonchev–Trinajstić information content (AvgIpc) is 2.62. The number of fused-ring (bicyclic) bond motifs is 2. The van der Waals surface area contributed by atoms with Crippen LogP contribution >= 0.6 is 0 Å². The highest BCUT2D eigenvalue weighted by atomic mass is 16.5. The highest BCUT2D eigenvalue weighted by Gasteiger charge is 2.10. The van der Waals surface area contributed by atoms with E-state index in [1.54, 1.807) is 12.2 Å². The molecule has 3 aromatic carbocycles. The van der Waals surface area contributed by atoms with E-state index < -0.39 is 0 Å². The number of aryl methyl sites for hydroxylation is 2. The van der Waals surface area contributed by atoms with Gasteiger partial charge in [-0.05, 0) is 70.8 Å². The van der Waals surface area contributed by atoms with E-state index in [4.69, 9.17) is 9.47 Å². The molecule has 0 saturated heterocycles. The smallest absolute Gasteiger partial charge is 0.120 e. The molecule has 0 aliphatic heterocycles. The third-order valence-electron chi connectivity index (χ3n) is 4.33. The maximum atomic E-state index is 5.69. The summed E-state index contributed by atoms with van der Waals surface area (Å²) in [5.41, 5.74) is 2.51. The van der Waals surface area contributed by atoms with Crippen LogP contribution in [0.15, 0.2) is 61.7 Å². The zero-order chi connectivity index (χ0) is 17.1. The van der Waals surface area contributed by atoms with Crippen molar-refractivity contribution in [2.75, 3.05) is 13.2 Å². The molecule has 0 radical (unpaired) electrons. The molecule has 0 amide bonds. The minimum atomic E-state index is 0.511. The van der Waals surface area contributed by atoms with Gasteiger partial charge in [0.2, 0.25) is 0 Å². The lowest BCUT2D eigenvalue weighted by molar-refractivity contribution is 0.364. The summed E-state index contributed by atoms with van der Waals surface area (Å²) in [6.45, 7) is 12.7. The van der Waals surface area contributed by atoms with Gasteiger partial charge >= 0.3 is 0 Å². The van der Waals surface area contributed by atoms with Crippen molar-refractivity contribution < 1.29 is 9.47 Å². The molecule has 0 saturated carbocycles. The third-order valence-corrected chi connectivity index (χ3v) is 4.33. The first-order valence-electron chi connectivity index (χ1n) is 8.09. The summed E-state index contributed by atoms with van der Waals surface area (Å²) >= 11 is 0. The number of rotatable bonds is 6. The first-order chi connectivity index (χ1) is 11.7. The predicted molar refractivity (Wildman–Crippen MR) is 102 cm³/mol. The van der Waals surface area contributed by atoms with E-state index in [0.717, 1.165) is 11.5 Å². The predicted octanol–water partition coefficient (Wildman–Crippen LogP) is 5.74. The molecule has 0 unspecified atom stereocenters. The van der Waals surface area contributed by atoms with Crippen LogP contribution in [0.1, 0.15) is 11.1 Å². The van der Waals surface area contributed by atoms with Gasteiger partial charge in [0.05, 0.1) is 0 Å². The summed E-state index contributed by atoms with van der Waals surface area (Å²) in [5, 5.41) is 4.93. The molecule has 24 heavy (non-hydrogen) atoms. The van der Waals surface area contributed by atoms with Gasteiger partial charge in [-0.25, -0.2) is 0 Å². The van der Waals surface area contributed by atoms with Gasteiger partial charge in [-0.2, -0.15) is 0 Å². The molecule has 0 fully saturated rings. The Bertz CT molecular complexity index is 849. The van der Waals surface area contributed by atoms with Crippen LogP contribution in [0, 0.1) is 13.8 Å². The minimum absolute atomic E-state index is 0.511. The number of benzene rings is 3. The van der Waals surface area contributed by atoms with Gasteiger partial charge in [0.1, 0.15) is 24.7 Å². The summed E-state index contributed by atoms with van der Waals surface area (Å²) in [5.74, 6) is 1.73. The molecule has 0 heterocycles. The summed E-state index contributed by atoms with van der Waals surface area (Å²) < 4.78 is 11.4. The largest absolute Gasteiger partial charge is 0.490 e. The van der Waals surface area contributed by atoms with Crippen molar-refractivity contribution >= 4 is 21.5 Å². The molecule has 0 aliphatic rings. The fourth-order valence-corrected chi connectivity index (χ4v) is 3.10.